The minimum absolute atomic E-state index is 0.0725. The molecular formula is C17H19N2PSi. The smallest absolute Gasteiger partial charge is 0.128 e. The van der Waals surface area contributed by atoms with Gasteiger partial charge in [0.1, 0.15) is 8.07 Å². The fraction of sp³-hybridized carbons (Fsp3) is 0.176. The molecule has 0 spiro atoms. The van der Waals surface area contributed by atoms with E-state index in [1.807, 2.05) is 12.1 Å². The van der Waals surface area contributed by atoms with Crippen molar-refractivity contribution in [3.63, 3.8) is 0 Å². The lowest BCUT2D eigenvalue weighted by Crippen LogP contribution is -2.40. The maximum atomic E-state index is 4.39. The number of nitrogens with zero attached hydrogens (tertiary/aromatic N) is 2. The summed E-state index contributed by atoms with van der Waals surface area (Å²) < 4.78 is 0. The summed E-state index contributed by atoms with van der Waals surface area (Å²) in [7, 11) is -1.32. The second kappa shape index (κ2) is 5.59. The van der Waals surface area contributed by atoms with Gasteiger partial charge in [-0.15, -0.1) is 0 Å². The SMILES string of the molecule is C[Si]1(C)C=Nc2ccccc21.Cp1cnc2ccccc21. The monoisotopic (exact) mass is 310 g/mol. The number of aromatic nitrogens is 1. The largest absolute Gasteiger partial charge is 0.265 e. The summed E-state index contributed by atoms with van der Waals surface area (Å²) in [6.07, 6.45) is 0. The maximum absolute atomic E-state index is 4.39. The van der Waals surface area contributed by atoms with Crippen LogP contribution in [0.4, 0.5) is 5.69 Å². The maximum Gasteiger partial charge on any atom is 0.128 e. The summed E-state index contributed by atoms with van der Waals surface area (Å²) in [6.45, 7) is 6.87. The molecule has 2 aromatic carbocycles. The van der Waals surface area contributed by atoms with Crippen molar-refractivity contribution in [2.75, 3.05) is 0 Å². The molecule has 0 saturated heterocycles. The summed E-state index contributed by atoms with van der Waals surface area (Å²) >= 11 is 0. The zero-order valence-corrected chi connectivity index (χ0v) is 14.5. The predicted molar refractivity (Wildman–Crippen MR) is 97.1 cm³/mol. The Balaban J connectivity index is 0.000000126. The normalized spacial score (nSPS) is 15.5. The Labute approximate surface area is 127 Å². The zero-order chi connectivity index (χ0) is 14.9. The van der Waals surface area contributed by atoms with Crippen LogP contribution in [0.25, 0.3) is 10.6 Å². The third-order valence-electron chi connectivity index (χ3n) is 3.76. The number of rotatable bonds is 0. The van der Waals surface area contributed by atoms with Gasteiger partial charge in [-0.2, -0.15) is 0 Å². The molecule has 1 unspecified atom stereocenters. The van der Waals surface area contributed by atoms with Crippen molar-refractivity contribution in [3.8, 4) is 0 Å². The van der Waals surface area contributed by atoms with E-state index in [0.717, 1.165) is 5.52 Å². The molecule has 106 valence electrons. The van der Waals surface area contributed by atoms with E-state index in [-0.39, 0.29) is 7.53 Å². The van der Waals surface area contributed by atoms with Crippen LogP contribution in [0.2, 0.25) is 13.1 Å². The number of hydrogen-bond donors (Lipinski definition) is 0. The molecule has 1 aliphatic rings. The minimum Gasteiger partial charge on any atom is -0.265 e. The van der Waals surface area contributed by atoms with E-state index in [1.54, 1.807) is 0 Å². The first-order valence-corrected chi connectivity index (χ1v) is 12.0. The van der Waals surface area contributed by atoms with Crippen LogP contribution in [0.5, 0.6) is 0 Å². The van der Waals surface area contributed by atoms with Crippen LogP contribution in [0.3, 0.4) is 0 Å². The predicted octanol–water partition coefficient (Wildman–Crippen LogP) is 4.62. The Morgan fingerprint density at radius 1 is 0.952 bits per heavy atom. The van der Waals surface area contributed by atoms with Crippen molar-refractivity contribution in [2.24, 2.45) is 11.7 Å². The van der Waals surface area contributed by atoms with Gasteiger partial charge in [0.15, 0.2) is 0 Å². The van der Waals surface area contributed by atoms with Crippen molar-refractivity contribution in [1.29, 1.82) is 0 Å². The summed E-state index contributed by atoms with van der Waals surface area (Å²) in [5.74, 6) is 4.21. The second-order valence-electron chi connectivity index (χ2n) is 5.84. The number of hydrogen-bond acceptors (Lipinski definition) is 2. The lowest BCUT2D eigenvalue weighted by Gasteiger charge is -2.11. The number of benzene rings is 2. The van der Waals surface area contributed by atoms with Crippen LogP contribution in [0.1, 0.15) is 0 Å². The topological polar surface area (TPSA) is 25.2 Å². The average Bonchev–Trinajstić information content (AvgIpc) is 3.02. The Morgan fingerprint density at radius 3 is 2.43 bits per heavy atom. The number of para-hydroxylation sites is 2. The standard InChI is InChI=1S/C9H11NSi.C8H8NP/c1-11(2)7-10-8-5-3-4-6-9(8)11;1-10-6-9-7-4-2-3-5-8(7)10/h3-7H,1-2H3;2-6H,1H3. The highest BCUT2D eigenvalue weighted by Crippen LogP contribution is 2.32. The number of aryl methyl sites for hydroxylation is 1. The fourth-order valence-electron chi connectivity index (χ4n) is 2.51. The van der Waals surface area contributed by atoms with Gasteiger partial charge in [0.05, 0.1) is 11.2 Å². The molecule has 1 atom stereocenters. The van der Waals surface area contributed by atoms with Gasteiger partial charge in [-0.1, -0.05) is 51.0 Å². The minimum atomic E-state index is -1.25. The molecule has 0 radical (unpaired) electrons. The van der Waals surface area contributed by atoms with Gasteiger partial charge in [0.2, 0.25) is 0 Å². The van der Waals surface area contributed by atoms with E-state index in [0.29, 0.717) is 0 Å². The zero-order valence-electron chi connectivity index (χ0n) is 12.6. The molecule has 1 aromatic heterocycles. The quantitative estimate of drug-likeness (QED) is 0.556. The van der Waals surface area contributed by atoms with Gasteiger partial charge in [0, 0.05) is 11.0 Å². The lowest BCUT2D eigenvalue weighted by molar-refractivity contribution is 1.50. The molecule has 0 amide bonds. The van der Waals surface area contributed by atoms with Gasteiger partial charge >= 0.3 is 0 Å². The molecule has 2 heterocycles. The molecule has 21 heavy (non-hydrogen) atoms. The second-order valence-corrected chi connectivity index (χ2v) is 12.0. The van der Waals surface area contributed by atoms with Crippen molar-refractivity contribution in [3.05, 3.63) is 54.5 Å². The van der Waals surface area contributed by atoms with Gasteiger partial charge in [0.25, 0.3) is 0 Å². The molecule has 4 heteroatoms. The number of fused-ring (bicyclic) bond motifs is 2. The molecule has 2 nitrogen and oxygen atoms in total. The third-order valence-corrected chi connectivity index (χ3v) is 7.94. The highest BCUT2D eigenvalue weighted by molar-refractivity contribution is 7.53. The van der Waals surface area contributed by atoms with Crippen LogP contribution in [0, 0.1) is 0 Å². The first kappa shape index (κ1) is 14.2. The van der Waals surface area contributed by atoms with E-state index in [9.17, 15) is 0 Å². The van der Waals surface area contributed by atoms with Gasteiger partial charge < -0.3 is 0 Å². The van der Waals surface area contributed by atoms with E-state index >= 15 is 0 Å². The van der Waals surface area contributed by atoms with Gasteiger partial charge in [-0.05, 0) is 35.9 Å². The van der Waals surface area contributed by atoms with Gasteiger partial charge in [-0.3, -0.25) is 9.98 Å². The first-order valence-electron chi connectivity index (χ1n) is 7.09. The van der Waals surface area contributed by atoms with Crippen molar-refractivity contribution >= 4 is 43.0 Å². The molecule has 0 saturated carbocycles. The Kier molecular flexibility index (Phi) is 3.79. The molecule has 1 aliphatic heterocycles. The molecule has 0 N–H and O–H groups in total. The van der Waals surface area contributed by atoms with Crippen molar-refractivity contribution in [1.82, 2.24) is 4.98 Å². The molecule has 0 fully saturated rings. The highest BCUT2D eigenvalue weighted by Gasteiger charge is 2.27. The van der Waals surface area contributed by atoms with E-state index in [4.69, 9.17) is 0 Å². The van der Waals surface area contributed by atoms with Crippen LogP contribution in [-0.4, -0.2) is 18.9 Å². The molecule has 4 rings (SSSR count). The Bertz CT molecular complexity index is 805. The Morgan fingerprint density at radius 2 is 1.67 bits per heavy atom. The highest BCUT2D eigenvalue weighted by atomic mass is 31.1. The van der Waals surface area contributed by atoms with Crippen LogP contribution in [-0.2, 0) is 6.66 Å². The van der Waals surface area contributed by atoms with Crippen LogP contribution in [0.15, 0.2) is 59.5 Å². The number of aliphatic imine (C=N–C) groups is 1. The van der Waals surface area contributed by atoms with Crippen LogP contribution >= 0.6 is 7.53 Å². The lowest BCUT2D eigenvalue weighted by atomic mass is 10.3. The van der Waals surface area contributed by atoms with Gasteiger partial charge in [-0.25, -0.2) is 0 Å². The molecule has 3 aromatic rings. The van der Waals surface area contributed by atoms with E-state index in [2.05, 4.69) is 77.9 Å². The summed E-state index contributed by atoms with van der Waals surface area (Å²) in [6, 6.07) is 16.8. The molecule has 0 aliphatic carbocycles. The van der Waals surface area contributed by atoms with E-state index in [1.165, 1.54) is 16.0 Å². The summed E-state index contributed by atoms with van der Waals surface area (Å²) in [5.41, 5.74) is 2.35. The first-order chi connectivity index (χ1) is 10.1. The fourth-order valence-corrected chi connectivity index (χ4v) is 5.69. The summed E-state index contributed by atoms with van der Waals surface area (Å²) in [5, 5.41) is 2.89. The average molecular weight is 310 g/mol. The Hall–Kier alpha value is -1.70. The van der Waals surface area contributed by atoms with E-state index < -0.39 is 8.07 Å². The van der Waals surface area contributed by atoms with Crippen molar-refractivity contribution in [2.45, 2.75) is 13.1 Å². The summed E-state index contributed by atoms with van der Waals surface area (Å²) in [4.78, 5) is 8.67. The third kappa shape index (κ3) is 2.85. The molecule has 0 bridgehead atoms. The molecular weight excluding hydrogens is 291 g/mol. The van der Waals surface area contributed by atoms with Crippen LogP contribution < -0.4 is 5.19 Å². The van der Waals surface area contributed by atoms with Crippen molar-refractivity contribution < 1.29 is 0 Å².